The van der Waals surface area contributed by atoms with Crippen molar-refractivity contribution in [3.05, 3.63) is 94.6 Å². The van der Waals surface area contributed by atoms with Crippen LogP contribution < -0.4 is 10.6 Å². The summed E-state index contributed by atoms with van der Waals surface area (Å²) in [5.41, 5.74) is 3.95. The van der Waals surface area contributed by atoms with E-state index in [4.69, 9.17) is 9.52 Å². The van der Waals surface area contributed by atoms with Gasteiger partial charge in [0, 0.05) is 29.3 Å². The van der Waals surface area contributed by atoms with Gasteiger partial charge in [-0.25, -0.2) is 9.48 Å². The number of nitrogens with zero attached hydrogens (tertiary/aromatic N) is 3. The quantitative estimate of drug-likeness (QED) is 0.219. The van der Waals surface area contributed by atoms with Crippen LogP contribution in [0.4, 0.5) is 29.5 Å². The van der Waals surface area contributed by atoms with E-state index in [2.05, 4.69) is 31.4 Å². The van der Waals surface area contributed by atoms with Gasteiger partial charge in [0.25, 0.3) is 5.91 Å². The predicted octanol–water partition coefficient (Wildman–Crippen LogP) is 8.67. The van der Waals surface area contributed by atoms with Crippen LogP contribution in [0.5, 0.6) is 0 Å². The molecule has 2 bridgehead atoms. The third-order valence-corrected chi connectivity index (χ3v) is 9.14. The lowest BCUT2D eigenvalue weighted by Gasteiger charge is -2.39. The zero-order valence-corrected chi connectivity index (χ0v) is 27.2. The van der Waals surface area contributed by atoms with Crippen molar-refractivity contribution >= 4 is 23.4 Å². The first-order chi connectivity index (χ1) is 22.2. The Morgan fingerprint density at radius 2 is 1.55 bits per heavy atom. The molecule has 0 radical (unpaired) electrons. The SMILES string of the molecule is Cc1ccc(-n2nc(C(C)(C)C)cc2NC(=O)Nc2ccc(CC3CC4CCC(C3)N4C(=O)c3cc(C)oc3C(F)(F)F)cc2)cc1. The fourth-order valence-electron chi connectivity index (χ4n) is 6.87. The van der Waals surface area contributed by atoms with Crippen molar-refractivity contribution in [1.82, 2.24) is 14.7 Å². The van der Waals surface area contributed by atoms with Crippen molar-refractivity contribution in [1.29, 1.82) is 0 Å². The standard InChI is InChI=1S/C36H40F3N5O3/c1-21-6-12-26(13-7-21)44-31(20-30(42-44)35(3,4)5)41-34(46)40-25-10-8-23(9-11-25)17-24-18-27-14-15-28(19-24)43(27)33(45)29-16-22(2)47-32(29)36(37,38)39/h6-13,16,20,24,27-28H,14-15,17-19H2,1-5H3,(H2,40,41,46). The lowest BCUT2D eigenvalue weighted by Crippen LogP contribution is -2.47. The Morgan fingerprint density at radius 1 is 0.915 bits per heavy atom. The number of benzene rings is 2. The maximum Gasteiger partial charge on any atom is 0.450 e. The number of fused-ring (bicyclic) bond motifs is 2. The van der Waals surface area contributed by atoms with E-state index in [1.54, 1.807) is 9.58 Å². The fourth-order valence-corrected chi connectivity index (χ4v) is 6.87. The van der Waals surface area contributed by atoms with Crippen LogP contribution in [0.3, 0.4) is 0 Å². The van der Waals surface area contributed by atoms with Gasteiger partial charge in [-0.15, -0.1) is 0 Å². The highest BCUT2D eigenvalue weighted by molar-refractivity contribution is 5.99. The Labute approximate surface area is 272 Å². The predicted molar refractivity (Wildman–Crippen MR) is 174 cm³/mol. The molecule has 2 atom stereocenters. The Morgan fingerprint density at radius 3 is 2.15 bits per heavy atom. The van der Waals surface area contributed by atoms with Gasteiger partial charge in [0.05, 0.1) is 16.9 Å². The van der Waals surface area contributed by atoms with Gasteiger partial charge in [0.15, 0.2) is 0 Å². The third kappa shape index (κ3) is 6.94. The molecular formula is C36H40F3N5O3. The van der Waals surface area contributed by atoms with Crippen molar-refractivity contribution < 1.29 is 27.2 Å². The molecule has 0 saturated carbocycles. The number of alkyl halides is 3. The number of aromatic nitrogens is 2. The largest absolute Gasteiger partial charge is 0.456 e. The number of nitrogens with one attached hydrogen (secondary N) is 2. The summed E-state index contributed by atoms with van der Waals surface area (Å²) in [5.74, 6) is -0.876. The number of urea groups is 1. The summed E-state index contributed by atoms with van der Waals surface area (Å²) in [6.45, 7) is 9.66. The maximum absolute atomic E-state index is 13.5. The average Bonchev–Trinajstić information content (AvgIpc) is 3.68. The van der Waals surface area contributed by atoms with Crippen LogP contribution in [0.1, 0.15) is 85.2 Å². The van der Waals surface area contributed by atoms with E-state index in [1.165, 1.54) is 13.0 Å². The van der Waals surface area contributed by atoms with Gasteiger partial charge in [-0.3, -0.25) is 10.1 Å². The second-order valence-electron chi connectivity index (χ2n) is 13.9. The first kappa shape index (κ1) is 32.4. The van der Waals surface area contributed by atoms with Crippen molar-refractivity contribution in [3.8, 4) is 5.69 Å². The molecule has 3 amide bonds. The zero-order valence-electron chi connectivity index (χ0n) is 27.2. The number of anilines is 2. The van der Waals surface area contributed by atoms with E-state index in [-0.39, 0.29) is 29.3 Å². The molecule has 47 heavy (non-hydrogen) atoms. The first-order valence-electron chi connectivity index (χ1n) is 16.0. The summed E-state index contributed by atoms with van der Waals surface area (Å²) in [7, 11) is 0. The number of halogens is 3. The van der Waals surface area contributed by atoms with Crippen LogP contribution in [-0.2, 0) is 18.0 Å². The van der Waals surface area contributed by atoms with E-state index in [9.17, 15) is 22.8 Å². The van der Waals surface area contributed by atoms with E-state index in [0.29, 0.717) is 17.4 Å². The number of hydrogen-bond acceptors (Lipinski definition) is 4. The molecule has 2 aromatic heterocycles. The number of amides is 3. The molecule has 2 aliphatic heterocycles. The van der Waals surface area contributed by atoms with Gasteiger partial charge in [0.1, 0.15) is 11.6 Å². The summed E-state index contributed by atoms with van der Waals surface area (Å²) in [6.07, 6.45) is -0.919. The molecule has 2 fully saturated rings. The highest BCUT2D eigenvalue weighted by atomic mass is 19.4. The summed E-state index contributed by atoms with van der Waals surface area (Å²) in [4.78, 5) is 28.0. The van der Waals surface area contributed by atoms with Crippen molar-refractivity contribution in [3.63, 3.8) is 0 Å². The topological polar surface area (TPSA) is 92.4 Å². The second kappa shape index (κ2) is 12.2. The molecule has 4 aromatic rings. The van der Waals surface area contributed by atoms with E-state index >= 15 is 0 Å². The van der Waals surface area contributed by atoms with Crippen molar-refractivity contribution in [2.75, 3.05) is 10.6 Å². The maximum atomic E-state index is 13.5. The van der Waals surface area contributed by atoms with Crippen LogP contribution >= 0.6 is 0 Å². The number of carbonyl (C=O) groups is 2. The molecule has 248 valence electrons. The molecule has 0 aliphatic carbocycles. The van der Waals surface area contributed by atoms with Crippen molar-refractivity contribution in [2.24, 2.45) is 5.92 Å². The number of furan rings is 1. The molecule has 11 heteroatoms. The molecule has 2 aromatic carbocycles. The lowest BCUT2D eigenvalue weighted by atomic mass is 9.85. The molecule has 6 rings (SSSR count). The normalized spacial score (nSPS) is 19.6. The third-order valence-electron chi connectivity index (χ3n) is 9.14. The highest BCUT2D eigenvalue weighted by Gasteiger charge is 2.47. The summed E-state index contributed by atoms with van der Waals surface area (Å²) in [5, 5.41) is 10.6. The fraction of sp³-hybridized carbons (Fsp3) is 0.417. The van der Waals surface area contributed by atoms with E-state index < -0.39 is 23.4 Å². The number of aryl methyl sites for hydroxylation is 2. The Balaban J connectivity index is 1.08. The molecular weight excluding hydrogens is 607 g/mol. The number of piperidine rings is 1. The number of carbonyl (C=O) groups excluding carboxylic acids is 2. The monoisotopic (exact) mass is 647 g/mol. The molecule has 8 nitrogen and oxygen atoms in total. The lowest BCUT2D eigenvalue weighted by molar-refractivity contribution is -0.153. The minimum atomic E-state index is -4.72. The summed E-state index contributed by atoms with van der Waals surface area (Å²) in [6, 6.07) is 18.1. The second-order valence-corrected chi connectivity index (χ2v) is 13.9. The summed E-state index contributed by atoms with van der Waals surface area (Å²) >= 11 is 0. The smallest absolute Gasteiger partial charge is 0.450 e. The average molecular weight is 648 g/mol. The van der Waals surface area contributed by atoms with Gasteiger partial charge < -0.3 is 14.6 Å². The Kier molecular flexibility index (Phi) is 8.44. The first-order valence-corrected chi connectivity index (χ1v) is 16.0. The van der Waals surface area contributed by atoms with Crippen LogP contribution in [0.2, 0.25) is 0 Å². The van der Waals surface area contributed by atoms with E-state index in [1.807, 2.05) is 61.5 Å². The van der Waals surface area contributed by atoms with Gasteiger partial charge >= 0.3 is 12.2 Å². The minimum absolute atomic E-state index is 0.0712. The van der Waals surface area contributed by atoms with Gasteiger partial charge in [-0.2, -0.15) is 18.3 Å². The summed E-state index contributed by atoms with van der Waals surface area (Å²) < 4.78 is 47.2. The van der Waals surface area contributed by atoms with Crippen LogP contribution in [0.25, 0.3) is 5.69 Å². The van der Waals surface area contributed by atoms with Crippen LogP contribution in [0.15, 0.2) is 65.1 Å². The molecule has 2 saturated heterocycles. The minimum Gasteiger partial charge on any atom is -0.456 e. The highest BCUT2D eigenvalue weighted by Crippen LogP contribution is 2.43. The number of hydrogen-bond donors (Lipinski definition) is 2. The zero-order chi connectivity index (χ0) is 33.7. The van der Waals surface area contributed by atoms with Gasteiger partial charge in [-0.05, 0) is 87.8 Å². The number of rotatable bonds is 6. The van der Waals surface area contributed by atoms with Crippen LogP contribution in [0, 0.1) is 19.8 Å². The molecule has 4 heterocycles. The van der Waals surface area contributed by atoms with Gasteiger partial charge in [0.2, 0.25) is 5.76 Å². The van der Waals surface area contributed by atoms with E-state index in [0.717, 1.165) is 54.6 Å². The molecule has 0 spiro atoms. The van der Waals surface area contributed by atoms with Crippen LogP contribution in [-0.4, -0.2) is 38.7 Å². The molecule has 2 N–H and O–H groups in total. The Hall–Kier alpha value is -4.54. The van der Waals surface area contributed by atoms with Crippen molar-refractivity contribution in [2.45, 2.75) is 90.4 Å². The molecule has 2 unspecified atom stereocenters. The Bertz CT molecular complexity index is 1750. The van der Waals surface area contributed by atoms with Gasteiger partial charge in [-0.1, -0.05) is 50.6 Å². The molecule has 2 aliphatic rings.